The first kappa shape index (κ1) is 14.3. The standard InChI is InChI=1S/C17H22N4S/c1-13-6-5-7-14(10-13)16-18-19-17-21(16)11-20(12-22-17)15-8-3-2-4-9-15/h5-7,10,15H,2-4,8-9,11-12H2,1H3. The fourth-order valence-electron chi connectivity index (χ4n) is 3.55. The van der Waals surface area contributed by atoms with E-state index in [0.29, 0.717) is 0 Å². The summed E-state index contributed by atoms with van der Waals surface area (Å²) < 4.78 is 2.29. The molecule has 2 heterocycles. The molecule has 0 N–H and O–H groups in total. The van der Waals surface area contributed by atoms with Crippen molar-refractivity contribution in [3.63, 3.8) is 0 Å². The lowest BCUT2D eigenvalue weighted by Crippen LogP contribution is -2.40. The summed E-state index contributed by atoms with van der Waals surface area (Å²) >= 11 is 1.83. The highest BCUT2D eigenvalue weighted by molar-refractivity contribution is 7.99. The summed E-state index contributed by atoms with van der Waals surface area (Å²) in [6.45, 7) is 3.06. The molecule has 1 aliphatic carbocycles. The third-order valence-electron chi connectivity index (χ3n) is 4.77. The minimum Gasteiger partial charge on any atom is -0.288 e. The van der Waals surface area contributed by atoms with Crippen LogP contribution in [-0.4, -0.2) is 31.6 Å². The van der Waals surface area contributed by atoms with Crippen LogP contribution in [0.5, 0.6) is 0 Å². The molecule has 0 atom stereocenters. The Morgan fingerprint density at radius 1 is 1.14 bits per heavy atom. The highest BCUT2D eigenvalue weighted by atomic mass is 32.2. The van der Waals surface area contributed by atoms with Crippen molar-refractivity contribution in [3.8, 4) is 11.4 Å². The molecule has 0 spiro atoms. The Bertz CT molecular complexity index is 660. The van der Waals surface area contributed by atoms with Crippen molar-refractivity contribution in [3.05, 3.63) is 29.8 Å². The minimum absolute atomic E-state index is 0.738. The maximum Gasteiger partial charge on any atom is 0.193 e. The van der Waals surface area contributed by atoms with E-state index in [4.69, 9.17) is 0 Å². The first-order chi connectivity index (χ1) is 10.8. The summed E-state index contributed by atoms with van der Waals surface area (Å²) in [6.07, 6.45) is 6.86. The second-order valence-electron chi connectivity index (χ2n) is 6.40. The predicted molar refractivity (Wildman–Crippen MR) is 89.6 cm³/mol. The third-order valence-corrected chi connectivity index (χ3v) is 5.79. The van der Waals surface area contributed by atoms with Crippen molar-refractivity contribution < 1.29 is 0 Å². The molecule has 0 amide bonds. The van der Waals surface area contributed by atoms with E-state index in [1.54, 1.807) is 0 Å². The zero-order valence-electron chi connectivity index (χ0n) is 13.0. The van der Waals surface area contributed by atoms with Gasteiger partial charge in [-0.15, -0.1) is 10.2 Å². The van der Waals surface area contributed by atoms with Crippen LogP contribution in [0.1, 0.15) is 37.7 Å². The Morgan fingerprint density at radius 2 is 2.00 bits per heavy atom. The van der Waals surface area contributed by atoms with Gasteiger partial charge >= 0.3 is 0 Å². The Morgan fingerprint density at radius 3 is 2.82 bits per heavy atom. The van der Waals surface area contributed by atoms with E-state index in [9.17, 15) is 0 Å². The van der Waals surface area contributed by atoms with Gasteiger partial charge in [-0.3, -0.25) is 9.47 Å². The smallest absolute Gasteiger partial charge is 0.193 e. The number of hydrogen-bond acceptors (Lipinski definition) is 4. The Kier molecular flexibility index (Phi) is 3.92. The number of nitrogens with zero attached hydrogens (tertiary/aromatic N) is 4. The van der Waals surface area contributed by atoms with E-state index < -0.39 is 0 Å². The quantitative estimate of drug-likeness (QED) is 0.841. The third kappa shape index (κ3) is 2.68. The molecule has 1 saturated carbocycles. The van der Waals surface area contributed by atoms with Crippen LogP contribution in [-0.2, 0) is 6.67 Å². The molecule has 1 aliphatic heterocycles. The van der Waals surface area contributed by atoms with Crippen LogP contribution < -0.4 is 0 Å². The number of fused-ring (bicyclic) bond motifs is 1. The average Bonchev–Trinajstić information content (AvgIpc) is 2.99. The van der Waals surface area contributed by atoms with E-state index in [-0.39, 0.29) is 0 Å². The van der Waals surface area contributed by atoms with Crippen molar-refractivity contribution in [2.75, 3.05) is 5.88 Å². The Hall–Kier alpha value is -1.33. The second-order valence-corrected chi connectivity index (χ2v) is 7.31. The SMILES string of the molecule is Cc1cccc(-c2nnc3n2CN(C2CCCCC2)CS3)c1. The molecule has 0 bridgehead atoms. The van der Waals surface area contributed by atoms with Crippen molar-refractivity contribution in [2.45, 2.75) is 56.9 Å². The van der Waals surface area contributed by atoms with Crippen LogP contribution in [0.25, 0.3) is 11.4 Å². The summed E-state index contributed by atoms with van der Waals surface area (Å²) in [4.78, 5) is 2.61. The molecule has 5 heteroatoms. The van der Waals surface area contributed by atoms with E-state index in [2.05, 4.69) is 50.9 Å². The van der Waals surface area contributed by atoms with Gasteiger partial charge in [0.1, 0.15) is 0 Å². The van der Waals surface area contributed by atoms with Crippen LogP contribution in [0, 0.1) is 6.92 Å². The summed E-state index contributed by atoms with van der Waals surface area (Å²) in [6, 6.07) is 9.29. The summed E-state index contributed by atoms with van der Waals surface area (Å²) in [7, 11) is 0. The van der Waals surface area contributed by atoms with E-state index >= 15 is 0 Å². The lowest BCUT2D eigenvalue weighted by molar-refractivity contribution is 0.135. The molecule has 22 heavy (non-hydrogen) atoms. The minimum atomic E-state index is 0.738. The molecule has 0 radical (unpaired) electrons. The van der Waals surface area contributed by atoms with Gasteiger partial charge in [-0.05, 0) is 25.8 Å². The van der Waals surface area contributed by atoms with Crippen molar-refractivity contribution in [2.24, 2.45) is 0 Å². The predicted octanol–water partition coefficient (Wildman–Crippen LogP) is 3.91. The summed E-state index contributed by atoms with van der Waals surface area (Å²) in [5.41, 5.74) is 2.44. The van der Waals surface area contributed by atoms with Gasteiger partial charge in [0.2, 0.25) is 0 Å². The summed E-state index contributed by atoms with van der Waals surface area (Å²) in [5, 5.41) is 9.90. The average molecular weight is 314 g/mol. The molecule has 1 aromatic heterocycles. The zero-order valence-corrected chi connectivity index (χ0v) is 13.9. The monoisotopic (exact) mass is 314 g/mol. The molecular formula is C17H22N4S. The van der Waals surface area contributed by atoms with Gasteiger partial charge in [0.05, 0.1) is 12.5 Å². The largest absolute Gasteiger partial charge is 0.288 e. The van der Waals surface area contributed by atoms with E-state index in [1.165, 1.54) is 43.2 Å². The maximum atomic E-state index is 4.45. The lowest BCUT2D eigenvalue weighted by Gasteiger charge is -2.36. The molecule has 1 fully saturated rings. The molecule has 0 unspecified atom stereocenters. The van der Waals surface area contributed by atoms with Gasteiger partial charge in [0, 0.05) is 11.6 Å². The molecule has 4 nitrogen and oxygen atoms in total. The van der Waals surface area contributed by atoms with Crippen LogP contribution in [0.2, 0.25) is 0 Å². The van der Waals surface area contributed by atoms with Gasteiger partial charge in [-0.1, -0.05) is 54.8 Å². The number of benzene rings is 1. The number of rotatable bonds is 2. The number of aromatic nitrogens is 3. The maximum absolute atomic E-state index is 4.45. The Balaban J connectivity index is 1.62. The van der Waals surface area contributed by atoms with E-state index in [1.807, 2.05) is 11.8 Å². The lowest BCUT2D eigenvalue weighted by atomic mass is 9.95. The molecule has 2 aliphatic rings. The zero-order chi connectivity index (χ0) is 14.9. The molecular weight excluding hydrogens is 292 g/mol. The number of aryl methyl sites for hydroxylation is 1. The van der Waals surface area contributed by atoms with Crippen LogP contribution in [0.4, 0.5) is 0 Å². The van der Waals surface area contributed by atoms with Crippen LogP contribution >= 0.6 is 11.8 Å². The Labute approximate surface area is 135 Å². The molecule has 2 aromatic rings. The van der Waals surface area contributed by atoms with E-state index in [0.717, 1.165) is 29.6 Å². The fraction of sp³-hybridized carbons (Fsp3) is 0.529. The molecule has 4 rings (SSSR count). The van der Waals surface area contributed by atoms with Gasteiger partial charge in [0.25, 0.3) is 0 Å². The van der Waals surface area contributed by atoms with Crippen LogP contribution in [0.3, 0.4) is 0 Å². The van der Waals surface area contributed by atoms with Gasteiger partial charge in [-0.2, -0.15) is 0 Å². The first-order valence-electron chi connectivity index (χ1n) is 8.18. The molecule has 1 aromatic carbocycles. The number of hydrogen-bond donors (Lipinski definition) is 0. The molecule has 116 valence electrons. The van der Waals surface area contributed by atoms with Crippen molar-refractivity contribution in [1.82, 2.24) is 19.7 Å². The highest BCUT2D eigenvalue weighted by Gasteiger charge is 2.28. The van der Waals surface area contributed by atoms with Crippen LogP contribution in [0.15, 0.2) is 29.4 Å². The normalized spacial score (nSPS) is 20.0. The van der Waals surface area contributed by atoms with Gasteiger partial charge in [0.15, 0.2) is 11.0 Å². The van der Waals surface area contributed by atoms with Gasteiger partial charge < -0.3 is 0 Å². The second kappa shape index (κ2) is 6.05. The summed E-state index contributed by atoms with van der Waals surface area (Å²) in [5.74, 6) is 2.06. The first-order valence-corrected chi connectivity index (χ1v) is 9.17. The molecule has 0 saturated heterocycles. The van der Waals surface area contributed by atoms with Crippen molar-refractivity contribution in [1.29, 1.82) is 0 Å². The van der Waals surface area contributed by atoms with Gasteiger partial charge in [-0.25, -0.2) is 0 Å². The fourth-order valence-corrected chi connectivity index (χ4v) is 4.52. The van der Waals surface area contributed by atoms with Crippen molar-refractivity contribution >= 4 is 11.8 Å². The number of thioether (sulfide) groups is 1. The highest BCUT2D eigenvalue weighted by Crippen LogP contribution is 2.33. The topological polar surface area (TPSA) is 34.0 Å².